The first-order valence-corrected chi connectivity index (χ1v) is 5.15. The number of ether oxygens (including phenoxy) is 1. The summed E-state index contributed by atoms with van der Waals surface area (Å²) in [6.07, 6.45) is -0.581. The highest BCUT2D eigenvalue weighted by Crippen LogP contribution is 2.41. The number of hydrogen-bond acceptors (Lipinski definition) is 4. The molecule has 0 saturated heterocycles. The van der Waals surface area contributed by atoms with E-state index >= 15 is 0 Å². The van der Waals surface area contributed by atoms with Crippen molar-refractivity contribution in [2.45, 2.75) is 40.7 Å². The average Bonchev–Trinajstić information content (AvgIpc) is 1.96. The molecule has 2 N–H and O–H groups in total. The third kappa shape index (κ3) is 2.57. The minimum absolute atomic E-state index is 0.581. The van der Waals surface area contributed by atoms with Crippen LogP contribution in [-0.4, -0.2) is 34.2 Å². The van der Waals surface area contributed by atoms with Crippen LogP contribution in [0, 0.1) is 10.8 Å². The summed E-state index contributed by atoms with van der Waals surface area (Å²) < 4.78 is 4.76. The second-order valence-corrected chi connectivity index (χ2v) is 5.06. The van der Waals surface area contributed by atoms with Gasteiger partial charge < -0.3 is 14.9 Å². The summed E-state index contributed by atoms with van der Waals surface area (Å²) in [6.45, 7) is 7.16. The van der Waals surface area contributed by atoms with Crippen molar-refractivity contribution in [2.24, 2.45) is 10.8 Å². The Morgan fingerprint density at radius 1 is 1.00 bits per heavy atom. The third-order valence-electron chi connectivity index (χ3n) is 2.42. The van der Waals surface area contributed by atoms with Crippen molar-refractivity contribution in [1.82, 2.24) is 0 Å². The number of carbonyl (C=O) groups is 3. The standard InChI is InChI=1S/C11H18O6/c1-6(2)17-9(16)11(7(12)13,8(14)15)10(3,4)5/h6H,1-5H3,(H,12,13)(H,14,15). The van der Waals surface area contributed by atoms with E-state index in [-0.39, 0.29) is 0 Å². The summed E-state index contributed by atoms with van der Waals surface area (Å²) in [5.74, 6) is -4.69. The second-order valence-electron chi connectivity index (χ2n) is 5.06. The molecule has 0 aliphatic heterocycles. The van der Waals surface area contributed by atoms with Gasteiger partial charge in [0.25, 0.3) is 5.41 Å². The van der Waals surface area contributed by atoms with Gasteiger partial charge in [-0.1, -0.05) is 20.8 Å². The van der Waals surface area contributed by atoms with Crippen LogP contribution >= 0.6 is 0 Å². The van der Waals surface area contributed by atoms with Gasteiger partial charge in [-0.3, -0.25) is 14.4 Å². The Morgan fingerprint density at radius 3 is 1.53 bits per heavy atom. The molecule has 0 radical (unpaired) electrons. The largest absolute Gasteiger partial charge is 0.480 e. The first-order chi connectivity index (χ1) is 7.47. The summed E-state index contributed by atoms with van der Waals surface area (Å²) in [5, 5.41) is 18.3. The molecule has 0 amide bonds. The maximum Gasteiger partial charge on any atom is 0.335 e. The molecule has 0 aliphatic carbocycles. The molecule has 0 bridgehead atoms. The second kappa shape index (κ2) is 4.73. The monoisotopic (exact) mass is 246 g/mol. The molecule has 0 fully saturated rings. The minimum Gasteiger partial charge on any atom is -0.480 e. The fourth-order valence-corrected chi connectivity index (χ4v) is 1.52. The third-order valence-corrected chi connectivity index (χ3v) is 2.42. The van der Waals surface area contributed by atoms with Gasteiger partial charge in [-0.05, 0) is 19.3 Å². The molecule has 17 heavy (non-hydrogen) atoms. The number of rotatable bonds is 4. The van der Waals surface area contributed by atoms with Gasteiger partial charge in [-0.25, -0.2) is 0 Å². The zero-order chi connectivity index (χ0) is 14.0. The lowest BCUT2D eigenvalue weighted by Gasteiger charge is -2.35. The van der Waals surface area contributed by atoms with E-state index in [4.69, 9.17) is 14.9 Å². The topological polar surface area (TPSA) is 101 Å². The summed E-state index contributed by atoms with van der Waals surface area (Å²) in [4.78, 5) is 34.3. The predicted molar refractivity (Wildman–Crippen MR) is 58.4 cm³/mol. The quantitative estimate of drug-likeness (QED) is 0.569. The van der Waals surface area contributed by atoms with Crippen molar-refractivity contribution in [3.8, 4) is 0 Å². The van der Waals surface area contributed by atoms with E-state index in [1.807, 2.05) is 0 Å². The Kier molecular flexibility index (Phi) is 4.29. The van der Waals surface area contributed by atoms with Crippen LogP contribution in [0.5, 0.6) is 0 Å². The Labute approximate surface area is 99.6 Å². The Hall–Kier alpha value is -1.59. The van der Waals surface area contributed by atoms with Gasteiger partial charge in [0.1, 0.15) is 0 Å². The van der Waals surface area contributed by atoms with Gasteiger partial charge in [-0.15, -0.1) is 0 Å². The molecule has 0 heterocycles. The first-order valence-electron chi connectivity index (χ1n) is 5.15. The molecular weight excluding hydrogens is 228 g/mol. The van der Waals surface area contributed by atoms with Crippen LogP contribution < -0.4 is 0 Å². The van der Waals surface area contributed by atoms with Crippen LogP contribution in [0.1, 0.15) is 34.6 Å². The predicted octanol–water partition coefficient (Wildman–Crippen LogP) is 1.14. The molecule has 0 aromatic heterocycles. The molecule has 0 aliphatic rings. The van der Waals surface area contributed by atoms with E-state index < -0.39 is 34.8 Å². The number of carboxylic acids is 2. The molecule has 0 atom stereocenters. The van der Waals surface area contributed by atoms with Gasteiger partial charge in [0.2, 0.25) is 0 Å². The minimum atomic E-state index is -2.60. The first kappa shape index (κ1) is 15.4. The smallest absolute Gasteiger partial charge is 0.335 e. The SMILES string of the molecule is CC(C)OC(=O)C(C(=O)O)(C(=O)O)C(C)(C)C. The van der Waals surface area contributed by atoms with Crippen molar-refractivity contribution in [3.63, 3.8) is 0 Å². The highest BCUT2D eigenvalue weighted by atomic mass is 16.5. The number of carbonyl (C=O) groups excluding carboxylic acids is 1. The van der Waals surface area contributed by atoms with Gasteiger partial charge in [-0.2, -0.15) is 0 Å². The maximum atomic E-state index is 11.8. The normalized spacial score (nSPS) is 12.4. The fourth-order valence-electron chi connectivity index (χ4n) is 1.52. The maximum absolute atomic E-state index is 11.8. The van der Waals surface area contributed by atoms with Crippen molar-refractivity contribution in [2.75, 3.05) is 0 Å². The lowest BCUT2D eigenvalue weighted by atomic mass is 9.66. The molecule has 0 rings (SSSR count). The summed E-state index contributed by atoms with van der Waals surface area (Å²) in [6, 6.07) is 0. The number of hydrogen-bond donors (Lipinski definition) is 2. The molecule has 0 saturated carbocycles. The molecule has 6 nitrogen and oxygen atoms in total. The average molecular weight is 246 g/mol. The molecule has 0 aromatic carbocycles. The zero-order valence-electron chi connectivity index (χ0n) is 10.6. The van der Waals surface area contributed by atoms with Crippen molar-refractivity contribution in [3.05, 3.63) is 0 Å². The van der Waals surface area contributed by atoms with Crippen LogP contribution in [0.3, 0.4) is 0 Å². The van der Waals surface area contributed by atoms with E-state index in [2.05, 4.69) is 0 Å². The fraction of sp³-hybridized carbons (Fsp3) is 0.727. The van der Waals surface area contributed by atoms with E-state index in [9.17, 15) is 14.4 Å². The molecular formula is C11H18O6. The molecule has 0 aromatic rings. The van der Waals surface area contributed by atoms with Gasteiger partial charge in [0, 0.05) is 0 Å². The number of esters is 1. The molecule has 6 heteroatoms. The van der Waals surface area contributed by atoms with Crippen LogP contribution in [0.4, 0.5) is 0 Å². The van der Waals surface area contributed by atoms with Crippen LogP contribution in [0.25, 0.3) is 0 Å². The summed E-state index contributed by atoms with van der Waals surface area (Å²) >= 11 is 0. The Balaban J connectivity index is 5.76. The van der Waals surface area contributed by atoms with Gasteiger partial charge in [0.15, 0.2) is 0 Å². The molecule has 0 unspecified atom stereocenters. The summed E-state index contributed by atoms with van der Waals surface area (Å²) in [5.41, 5.74) is -3.91. The van der Waals surface area contributed by atoms with E-state index in [1.54, 1.807) is 0 Å². The number of aliphatic carboxylic acids is 2. The van der Waals surface area contributed by atoms with Crippen LogP contribution in [0.2, 0.25) is 0 Å². The van der Waals surface area contributed by atoms with Crippen molar-refractivity contribution < 1.29 is 29.3 Å². The zero-order valence-corrected chi connectivity index (χ0v) is 10.6. The summed E-state index contributed by atoms with van der Waals surface area (Å²) in [7, 11) is 0. The van der Waals surface area contributed by atoms with E-state index in [1.165, 1.54) is 34.6 Å². The Morgan fingerprint density at radius 2 is 1.35 bits per heavy atom. The Bertz CT molecular complexity index is 322. The van der Waals surface area contributed by atoms with Crippen LogP contribution in [-0.2, 0) is 19.1 Å². The van der Waals surface area contributed by atoms with E-state index in [0.29, 0.717) is 0 Å². The van der Waals surface area contributed by atoms with Crippen molar-refractivity contribution in [1.29, 1.82) is 0 Å². The van der Waals surface area contributed by atoms with Gasteiger partial charge >= 0.3 is 17.9 Å². The molecule has 98 valence electrons. The van der Waals surface area contributed by atoms with Gasteiger partial charge in [0.05, 0.1) is 6.10 Å². The van der Waals surface area contributed by atoms with E-state index in [0.717, 1.165) is 0 Å². The van der Waals surface area contributed by atoms with Crippen molar-refractivity contribution >= 4 is 17.9 Å². The van der Waals surface area contributed by atoms with Crippen LogP contribution in [0.15, 0.2) is 0 Å². The lowest BCUT2D eigenvalue weighted by molar-refractivity contribution is -0.189. The highest BCUT2D eigenvalue weighted by Gasteiger charge is 2.63. The number of carboxylic acid groups (broad SMARTS) is 2. The molecule has 0 spiro atoms. The lowest BCUT2D eigenvalue weighted by Crippen LogP contribution is -2.56. The highest BCUT2D eigenvalue weighted by molar-refractivity contribution is 6.17.